The van der Waals surface area contributed by atoms with Gasteiger partial charge in [-0.15, -0.1) is 11.8 Å². The van der Waals surface area contributed by atoms with Crippen LogP contribution in [-0.4, -0.2) is 17.1 Å². The quantitative estimate of drug-likeness (QED) is 0.672. The van der Waals surface area contributed by atoms with E-state index in [1.54, 1.807) is 18.0 Å². The molecule has 0 saturated heterocycles. The minimum Gasteiger partial charge on any atom is -0.361 e. The van der Waals surface area contributed by atoms with Crippen molar-refractivity contribution in [3.63, 3.8) is 0 Å². The van der Waals surface area contributed by atoms with E-state index in [1.807, 2.05) is 18.2 Å². The van der Waals surface area contributed by atoms with Gasteiger partial charge in [-0.05, 0) is 18.4 Å². The Morgan fingerprint density at radius 1 is 1.60 bits per heavy atom. The molecule has 0 aromatic carbocycles. The van der Waals surface area contributed by atoms with E-state index >= 15 is 0 Å². The number of aromatic nitrogens is 1. The molecule has 1 aromatic heterocycles. The molecule has 10 heavy (non-hydrogen) atoms. The summed E-state index contributed by atoms with van der Waals surface area (Å²) in [6.07, 6.45) is 3.83. The van der Waals surface area contributed by atoms with E-state index in [1.165, 1.54) is 0 Å². The van der Waals surface area contributed by atoms with Crippen molar-refractivity contribution in [2.45, 2.75) is 0 Å². The maximum Gasteiger partial charge on any atom is 0.126 e. The summed E-state index contributed by atoms with van der Waals surface area (Å²) < 4.78 is 0. The molecule has 1 heterocycles. The van der Waals surface area contributed by atoms with E-state index < -0.39 is 0 Å². The lowest BCUT2D eigenvalue weighted by Crippen LogP contribution is -1.97. The minimum atomic E-state index is 0.914. The van der Waals surface area contributed by atoms with Crippen LogP contribution in [0, 0.1) is 0 Å². The summed E-state index contributed by atoms with van der Waals surface area (Å²) in [5, 5.41) is 3.15. The van der Waals surface area contributed by atoms with Crippen LogP contribution in [0.2, 0.25) is 0 Å². The Kier molecular flexibility index (Phi) is 3.09. The van der Waals surface area contributed by atoms with Gasteiger partial charge in [0.05, 0.1) is 5.88 Å². The predicted octanol–water partition coefficient (Wildman–Crippen LogP) is 1.81. The molecule has 0 atom stereocenters. The van der Waals surface area contributed by atoms with Gasteiger partial charge in [0.1, 0.15) is 5.82 Å². The fourth-order valence-corrected chi connectivity index (χ4v) is 0.906. The Bertz CT molecular complexity index is 176. The van der Waals surface area contributed by atoms with Crippen molar-refractivity contribution in [1.29, 1.82) is 0 Å². The third-order valence-electron chi connectivity index (χ3n) is 1.06. The lowest BCUT2D eigenvalue weighted by Gasteiger charge is -2.00. The molecule has 0 fully saturated rings. The first kappa shape index (κ1) is 7.41. The van der Waals surface area contributed by atoms with E-state index in [2.05, 4.69) is 16.6 Å². The number of nitrogens with one attached hydrogen (secondary N) is 1. The zero-order valence-corrected chi connectivity index (χ0v) is 6.69. The largest absolute Gasteiger partial charge is 0.361 e. The Morgan fingerprint density at radius 3 is 3.10 bits per heavy atom. The Hall–Kier alpha value is -0.700. The van der Waals surface area contributed by atoms with Gasteiger partial charge in [0, 0.05) is 6.20 Å². The van der Waals surface area contributed by atoms with E-state index in [4.69, 9.17) is 0 Å². The summed E-state index contributed by atoms with van der Waals surface area (Å²) in [5.41, 5.74) is 0. The van der Waals surface area contributed by atoms with Gasteiger partial charge in [-0.1, -0.05) is 6.07 Å². The van der Waals surface area contributed by atoms with Crippen LogP contribution in [0.3, 0.4) is 0 Å². The average Bonchev–Trinajstić information content (AvgIpc) is 2.03. The molecule has 1 rings (SSSR count). The van der Waals surface area contributed by atoms with Crippen molar-refractivity contribution >= 4 is 17.6 Å². The Balaban J connectivity index is 2.43. The second-order valence-electron chi connectivity index (χ2n) is 1.82. The van der Waals surface area contributed by atoms with Crippen LogP contribution >= 0.6 is 11.8 Å². The van der Waals surface area contributed by atoms with Crippen molar-refractivity contribution in [1.82, 2.24) is 4.98 Å². The number of hydrogen-bond donors (Lipinski definition) is 1. The van der Waals surface area contributed by atoms with Crippen molar-refractivity contribution in [3.8, 4) is 0 Å². The first-order chi connectivity index (χ1) is 4.93. The van der Waals surface area contributed by atoms with Gasteiger partial charge in [0.2, 0.25) is 0 Å². The molecule has 0 bridgehead atoms. The molecule has 54 valence electrons. The lowest BCUT2D eigenvalue weighted by molar-refractivity contribution is 1.27. The highest BCUT2D eigenvalue weighted by Gasteiger charge is 1.85. The zero-order valence-electron chi connectivity index (χ0n) is 5.87. The van der Waals surface area contributed by atoms with Gasteiger partial charge in [-0.25, -0.2) is 4.98 Å². The summed E-state index contributed by atoms with van der Waals surface area (Å²) in [7, 11) is 0. The lowest BCUT2D eigenvalue weighted by atomic mass is 10.5. The number of nitrogens with zero attached hydrogens (tertiary/aromatic N) is 1. The summed E-state index contributed by atoms with van der Waals surface area (Å²) in [4.78, 5) is 4.09. The molecule has 0 aliphatic carbocycles. The summed E-state index contributed by atoms with van der Waals surface area (Å²) in [5.74, 6) is 1.86. The van der Waals surface area contributed by atoms with Gasteiger partial charge in [0.25, 0.3) is 0 Å². The van der Waals surface area contributed by atoms with Crippen LogP contribution in [0.15, 0.2) is 24.4 Å². The molecule has 1 N–H and O–H groups in total. The van der Waals surface area contributed by atoms with Crippen molar-refractivity contribution in [2.75, 3.05) is 17.4 Å². The molecule has 0 aliphatic rings. The second kappa shape index (κ2) is 4.17. The fraction of sp³-hybridized carbons (Fsp3) is 0.286. The maximum atomic E-state index is 4.09. The van der Waals surface area contributed by atoms with E-state index in [9.17, 15) is 0 Å². The standard InChI is InChI=1S/C7H10N2S/c1-10-6-9-7-4-2-3-5-8-7/h2-5H,6H2,1H3,(H,8,9). The molecule has 0 amide bonds. The molecular formula is C7H10N2S. The van der Waals surface area contributed by atoms with Crippen LogP contribution in [0.5, 0.6) is 0 Å². The average molecular weight is 154 g/mol. The molecule has 3 heteroatoms. The van der Waals surface area contributed by atoms with Crippen molar-refractivity contribution in [2.24, 2.45) is 0 Å². The third kappa shape index (κ3) is 2.27. The van der Waals surface area contributed by atoms with Gasteiger partial charge in [-0.2, -0.15) is 0 Å². The first-order valence-corrected chi connectivity index (χ1v) is 4.46. The van der Waals surface area contributed by atoms with Crippen molar-refractivity contribution in [3.05, 3.63) is 24.4 Å². The van der Waals surface area contributed by atoms with Gasteiger partial charge in [0.15, 0.2) is 0 Å². The van der Waals surface area contributed by atoms with Crippen LogP contribution in [0.1, 0.15) is 0 Å². The van der Waals surface area contributed by atoms with Gasteiger partial charge in [-0.3, -0.25) is 0 Å². The Labute approximate surface area is 65.1 Å². The topological polar surface area (TPSA) is 24.9 Å². The molecule has 0 spiro atoms. The number of anilines is 1. The van der Waals surface area contributed by atoms with Crippen LogP contribution in [-0.2, 0) is 0 Å². The normalized spacial score (nSPS) is 9.30. The van der Waals surface area contributed by atoms with E-state index in [0.29, 0.717) is 0 Å². The maximum absolute atomic E-state index is 4.09. The monoisotopic (exact) mass is 154 g/mol. The molecule has 0 unspecified atom stereocenters. The molecule has 2 nitrogen and oxygen atoms in total. The third-order valence-corrected chi connectivity index (χ3v) is 1.50. The van der Waals surface area contributed by atoms with Crippen molar-refractivity contribution < 1.29 is 0 Å². The number of rotatable bonds is 3. The molecule has 0 aliphatic heterocycles. The second-order valence-corrected chi connectivity index (χ2v) is 2.69. The summed E-state index contributed by atoms with van der Waals surface area (Å²) in [6, 6.07) is 5.83. The Morgan fingerprint density at radius 2 is 2.50 bits per heavy atom. The van der Waals surface area contributed by atoms with Gasteiger partial charge >= 0.3 is 0 Å². The summed E-state index contributed by atoms with van der Waals surface area (Å²) >= 11 is 1.75. The van der Waals surface area contributed by atoms with Crippen LogP contribution in [0.4, 0.5) is 5.82 Å². The number of hydrogen-bond acceptors (Lipinski definition) is 3. The van der Waals surface area contributed by atoms with Crippen LogP contribution < -0.4 is 5.32 Å². The highest BCUT2D eigenvalue weighted by molar-refractivity contribution is 7.98. The first-order valence-electron chi connectivity index (χ1n) is 3.07. The van der Waals surface area contributed by atoms with E-state index in [-0.39, 0.29) is 0 Å². The highest BCUT2D eigenvalue weighted by atomic mass is 32.2. The fourth-order valence-electron chi connectivity index (χ4n) is 0.613. The smallest absolute Gasteiger partial charge is 0.126 e. The highest BCUT2D eigenvalue weighted by Crippen LogP contribution is 2.01. The predicted molar refractivity (Wildman–Crippen MR) is 46.2 cm³/mol. The molecule has 1 aromatic rings. The number of thioether (sulfide) groups is 1. The minimum absolute atomic E-state index is 0.914. The number of pyridine rings is 1. The molecule has 0 saturated carbocycles. The SMILES string of the molecule is CSCNc1ccccn1. The summed E-state index contributed by atoms with van der Waals surface area (Å²) in [6.45, 7) is 0. The van der Waals surface area contributed by atoms with E-state index in [0.717, 1.165) is 11.7 Å². The molecular weight excluding hydrogens is 144 g/mol. The molecule has 0 radical (unpaired) electrons. The van der Waals surface area contributed by atoms with Gasteiger partial charge < -0.3 is 5.32 Å². The van der Waals surface area contributed by atoms with Crippen LogP contribution in [0.25, 0.3) is 0 Å². The zero-order chi connectivity index (χ0) is 7.23.